The van der Waals surface area contributed by atoms with Gasteiger partial charge in [0, 0.05) is 38.3 Å². The standard InChI is InChI=1S/C28H26F3N5O3/c1-3-23(18-10-21(30)12-22(31)11-18)36-25(19-13-32-34(2)14-19)33-26(37)24(28(36)39)27(38)35-9-8-17(15-35)16-4-6-20(29)7-5-16/h4-7,10-14,17,23,39H,3,8-9,15H2,1-2H3. The number of halogens is 3. The second-order valence-corrected chi connectivity index (χ2v) is 9.63. The Kier molecular flexibility index (Phi) is 6.98. The number of nitrogens with zero attached hydrogens (tertiary/aromatic N) is 5. The Labute approximate surface area is 222 Å². The van der Waals surface area contributed by atoms with Gasteiger partial charge in [0.1, 0.15) is 17.5 Å². The maximum atomic E-state index is 14.2. The molecule has 1 aliphatic heterocycles. The van der Waals surface area contributed by atoms with Gasteiger partial charge in [-0.3, -0.25) is 18.8 Å². The first-order valence-electron chi connectivity index (χ1n) is 12.5. The molecule has 4 aromatic rings. The van der Waals surface area contributed by atoms with E-state index in [9.17, 15) is 27.9 Å². The highest BCUT2D eigenvalue weighted by atomic mass is 19.1. The molecule has 0 bridgehead atoms. The molecule has 5 rings (SSSR count). The number of benzene rings is 2. The fourth-order valence-electron chi connectivity index (χ4n) is 5.19. The minimum atomic E-state index is -0.932. The Morgan fingerprint density at radius 2 is 1.79 bits per heavy atom. The molecule has 0 aliphatic carbocycles. The average Bonchev–Trinajstić information content (AvgIpc) is 3.55. The molecule has 1 N–H and O–H groups in total. The summed E-state index contributed by atoms with van der Waals surface area (Å²) in [4.78, 5) is 32.4. The molecular formula is C28H26F3N5O3. The number of hydrogen-bond donors (Lipinski definition) is 1. The van der Waals surface area contributed by atoms with Crippen LogP contribution in [0, 0.1) is 17.5 Å². The molecule has 2 aromatic heterocycles. The third-order valence-electron chi connectivity index (χ3n) is 7.06. The smallest absolute Gasteiger partial charge is 0.290 e. The molecule has 1 aliphatic rings. The van der Waals surface area contributed by atoms with Gasteiger partial charge in [0.05, 0.1) is 17.8 Å². The van der Waals surface area contributed by atoms with E-state index in [1.807, 2.05) is 0 Å². The van der Waals surface area contributed by atoms with Crippen LogP contribution in [-0.4, -0.2) is 48.3 Å². The summed E-state index contributed by atoms with van der Waals surface area (Å²) < 4.78 is 44.4. The first kappa shape index (κ1) is 26.2. The molecule has 0 saturated carbocycles. The quantitative estimate of drug-likeness (QED) is 0.394. The van der Waals surface area contributed by atoms with Crippen LogP contribution in [0.4, 0.5) is 13.2 Å². The summed E-state index contributed by atoms with van der Waals surface area (Å²) in [5.74, 6) is -3.40. The lowest BCUT2D eigenvalue weighted by atomic mass is 9.98. The Balaban J connectivity index is 1.60. The number of aryl methyl sites for hydroxylation is 1. The fraction of sp³-hybridized carbons (Fsp3) is 0.286. The summed E-state index contributed by atoms with van der Waals surface area (Å²) >= 11 is 0. The summed E-state index contributed by atoms with van der Waals surface area (Å²) in [6.45, 7) is 2.32. The van der Waals surface area contributed by atoms with Crippen LogP contribution < -0.4 is 5.56 Å². The molecule has 1 saturated heterocycles. The highest BCUT2D eigenvalue weighted by Crippen LogP contribution is 2.35. The van der Waals surface area contributed by atoms with Crippen LogP contribution in [0.15, 0.2) is 59.7 Å². The lowest BCUT2D eigenvalue weighted by molar-refractivity contribution is 0.0783. The van der Waals surface area contributed by atoms with E-state index in [0.717, 1.165) is 23.8 Å². The number of amides is 1. The number of carbonyl (C=O) groups excluding carboxylic acids is 1. The first-order valence-corrected chi connectivity index (χ1v) is 12.5. The SMILES string of the molecule is CCC(c1cc(F)cc(F)c1)n1c(-c2cnn(C)c2)nc(=O)c(C(=O)N2CCC(c3ccc(F)cc3)C2)c1O. The van der Waals surface area contributed by atoms with E-state index < -0.39 is 40.6 Å². The Hall–Kier alpha value is -4.41. The van der Waals surface area contributed by atoms with Gasteiger partial charge in [-0.25, -0.2) is 13.2 Å². The lowest BCUT2D eigenvalue weighted by Crippen LogP contribution is -2.35. The van der Waals surface area contributed by atoms with Gasteiger partial charge in [0.2, 0.25) is 5.88 Å². The van der Waals surface area contributed by atoms with E-state index in [-0.39, 0.29) is 36.1 Å². The molecule has 2 unspecified atom stereocenters. The molecule has 1 fully saturated rings. The third kappa shape index (κ3) is 5.04. The van der Waals surface area contributed by atoms with Gasteiger partial charge >= 0.3 is 0 Å². The molecule has 0 radical (unpaired) electrons. The molecule has 3 heterocycles. The maximum Gasteiger partial charge on any atom is 0.290 e. The Bertz CT molecular complexity index is 1580. The van der Waals surface area contributed by atoms with E-state index in [2.05, 4.69) is 10.1 Å². The largest absolute Gasteiger partial charge is 0.494 e. The molecule has 11 heteroatoms. The zero-order chi connectivity index (χ0) is 27.8. The number of carbonyl (C=O) groups is 1. The van der Waals surface area contributed by atoms with Gasteiger partial charge in [0.15, 0.2) is 11.4 Å². The fourth-order valence-corrected chi connectivity index (χ4v) is 5.19. The van der Waals surface area contributed by atoms with Crippen molar-refractivity contribution in [2.75, 3.05) is 13.1 Å². The lowest BCUT2D eigenvalue weighted by Gasteiger charge is -2.26. The predicted molar refractivity (Wildman–Crippen MR) is 137 cm³/mol. The van der Waals surface area contributed by atoms with Gasteiger partial charge in [0.25, 0.3) is 11.5 Å². The molecule has 2 atom stereocenters. The monoisotopic (exact) mass is 537 g/mol. The van der Waals surface area contributed by atoms with E-state index >= 15 is 0 Å². The predicted octanol–water partition coefficient (Wildman–Crippen LogP) is 4.40. The van der Waals surface area contributed by atoms with E-state index in [0.29, 0.717) is 18.5 Å². The van der Waals surface area contributed by atoms with E-state index in [1.165, 1.54) is 32.5 Å². The van der Waals surface area contributed by atoms with Crippen LogP contribution in [-0.2, 0) is 7.05 Å². The second kappa shape index (κ2) is 10.4. The summed E-state index contributed by atoms with van der Waals surface area (Å²) in [5.41, 5.74) is -0.0398. The summed E-state index contributed by atoms with van der Waals surface area (Å²) in [6.07, 6.45) is 3.85. The zero-order valence-corrected chi connectivity index (χ0v) is 21.3. The minimum absolute atomic E-state index is 0.00396. The molecular weight excluding hydrogens is 511 g/mol. The molecule has 39 heavy (non-hydrogen) atoms. The molecule has 2 aromatic carbocycles. The number of aromatic hydroxyl groups is 1. The molecule has 0 spiro atoms. The molecule has 1 amide bonds. The summed E-state index contributed by atoms with van der Waals surface area (Å²) in [5, 5.41) is 15.6. The van der Waals surface area contributed by atoms with Gasteiger partial charge in [-0.2, -0.15) is 10.1 Å². The van der Waals surface area contributed by atoms with E-state index in [4.69, 9.17) is 0 Å². The van der Waals surface area contributed by atoms with Crippen molar-refractivity contribution >= 4 is 5.91 Å². The molecule has 202 valence electrons. The van der Waals surface area contributed by atoms with Crippen LogP contribution >= 0.6 is 0 Å². The van der Waals surface area contributed by atoms with Crippen LogP contribution in [0.3, 0.4) is 0 Å². The number of rotatable bonds is 6. The summed E-state index contributed by atoms with van der Waals surface area (Å²) in [6, 6.07) is 8.17. The third-order valence-corrected chi connectivity index (χ3v) is 7.06. The average molecular weight is 538 g/mol. The topological polar surface area (TPSA) is 93.2 Å². The summed E-state index contributed by atoms with van der Waals surface area (Å²) in [7, 11) is 1.66. The van der Waals surface area contributed by atoms with Crippen LogP contribution in [0.1, 0.15) is 53.2 Å². The van der Waals surface area contributed by atoms with Crippen LogP contribution in [0.25, 0.3) is 11.4 Å². The highest BCUT2D eigenvalue weighted by molar-refractivity contribution is 5.96. The van der Waals surface area contributed by atoms with Crippen molar-refractivity contribution in [2.24, 2.45) is 7.05 Å². The normalized spacial score (nSPS) is 16.0. The van der Waals surface area contributed by atoms with Gasteiger partial charge in [-0.1, -0.05) is 19.1 Å². The zero-order valence-electron chi connectivity index (χ0n) is 21.3. The van der Waals surface area contributed by atoms with Crippen molar-refractivity contribution < 1.29 is 23.1 Å². The van der Waals surface area contributed by atoms with Crippen molar-refractivity contribution in [1.82, 2.24) is 24.2 Å². The highest BCUT2D eigenvalue weighted by Gasteiger charge is 2.34. The van der Waals surface area contributed by atoms with Crippen molar-refractivity contribution in [3.05, 3.63) is 99.4 Å². The first-order chi connectivity index (χ1) is 18.7. The Morgan fingerprint density at radius 3 is 2.41 bits per heavy atom. The minimum Gasteiger partial charge on any atom is -0.494 e. The molecule has 8 nitrogen and oxygen atoms in total. The van der Waals surface area contributed by atoms with Crippen molar-refractivity contribution in [3.63, 3.8) is 0 Å². The van der Waals surface area contributed by atoms with Crippen molar-refractivity contribution in [2.45, 2.75) is 31.7 Å². The van der Waals surface area contributed by atoms with E-state index in [1.54, 1.807) is 32.3 Å². The van der Waals surface area contributed by atoms with Gasteiger partial charge in [-0.15, -0.1) is 0 Å². The van der Waals surface area contributed by atoms with Crippen molar-refractivity contribution in [3.8, 4) is 17.3 Å². The Morgan fingerprint density at radius 1 is 1.10 bits per heavy atom. The van der Waals surface area contributed by atoms with Crippen LogP contribution in [0.2, 0.25) is 0 Å². The maximum absolute atomic E-state index is 14.2. The number of aromatic nitrogens is 4. The van der Waals surface area contributed by atoms with Gasteiger partial charge < -0.3 is 10.0 Å². The van der Waals surface area contributed by atoms with Gasteiger partial charge in [-0.05, 0) is 48.2 Å². The number of likely N-dealkylation sites (tertiary alicyclic amines) is 1. The van der Waals surface area contributed by atoms with Crippen molar-refractivity contribution in [1.29, 1.82) is 0 Å². The second-order valence-electron chi connectivity index (χ2n) is 9.63. The van der Waals surface area contributed by atoms with Crippen LogP contribution in [0.5, 0.6) is 5.88 Å². The number of hydrogen-bond acceptors (Lipinski definition) is 5.